The van der Waals surface area contributed by atoms with Crippen molar-refractivity contribution in [2.45, 2.75) is 32.4 Å². The van der Waals surface area contributed by atoms with Crippen molar-refractivity contribution in [1.29, 1.82) is 0 Å². The van der Waals surface area contributed by atoms with E-state index < -0.39 is 6.10 Å². The smallest absolute Gasteiger partial charge is 0.241 e. The van der Waals surface area contributed by atoms with Crippen molar-refractivity contribution in [1.82, 2.24) is 20.1 Å². The number of hydrogen-bond acceptors (Lipinski definition) is 4. The molecule has 0 aliphatic heterocycles. The Bertz CT molecular complexity index is 286. The van der Waals surface area contributed by atoms with Crippen LogP contribution in [0.4, 0.5) is 0 Å². The summed E-state index contributed by atoms with van der Waals surface area (Å²) in [4.78, 5) is 15.0. The van der Waals surface area contributed by atoms with Gasteiger partial charge in [-0.3, -0.25) is 4.79 Å². The van der Waals surface area contributed by atoms with Crippen LogP contribution in [0.1, 0.15) is 19.8 Å². The van der Waals surface area contributed by atoms with Gasteiger partial charge >= 0.3 is 0 Å². The molecule has 0 saturated carbocycles. The molecule has 1 amide bonds. The number of carbonyl (C=O) groups excluding carboxylic acids is 1. The van der Waals surface area contributed by atoms with E-state index in [0.29, 0.717) is 13.0 Å². The molecule has 1 aromatic heterocycles. The lowest BCUT2D eigenvalue weighted by Gasteiger charge is -2.10. The van der Waals surface area contributed by atoms with Crippen LogP contribution in [0.25, 0.3) is 0 Å². The molecule has 6 heteroatoms. The van der Waals surface area contributed by atoms with E-state index in [2.05, 4.69) is 15.4 Å². The predicted molar refractivity (Wildman–Crippen MR) is 53.9 cm³/mol. The summed E-state index contributed by atoms with van der Waals surface area (Å²) in [6, 6.07) is 0. The zero-order valence-electron chi connectivity index (χ0n) is 8.76. The van der Waals surface area contributed by atoms with Crippen LogP contribution in [0.15, 0.2) is 12.7 Å². The Kier molecular flexibility index (Phi) is 4.76. The molecule has 0 fully saturated rings. The molecule has 0 aliphatic carbocycles. The molecule has 2 N–H and O–H groups in total. The van der Waals surface area contributed by atoms with Gasteiger partial charge in [0.2, 0.25) is 5.91 Å². The Hall–Kier alpha value is -1.43. The fraction of sp³-hybridized carbons (Fsp3) is 0.667. The second kappa shape index (κ2) is 6.13. The number of aromatic nitrogens is 3. The first kappa shape index (κ1) is 11.6. The van der Waals surface area contributed by atoms with E-state index in [4.69, 9.17) is 0 Å². The van der Waals surface area contributed by atoms with Gasteiger partial charge in [0.15, 0.2) is 0 Å². The average molecular weight is 212 g/mol. The van der Waals surface area contributed by atoms with Crippen LogP contribution in [0.3, 0.4) is 0 Å². The molecule has 0 aliphatic rings. The Morgan fingerprint density at radius 1 is 1.67 bits per heavy atom. The second-order valence-electron chi connectivity index (χ2n) is 3.34. The minimum absolute atomic E-state index is 0.138. The Morgan fingerprint density at radius 3 is 3.07 bits per heavy atom. The highest BCUT2D eigenvalue weighted by Crippen LogP contribution is 1.93. The highest BCUT2D eigenvalue weighted by Gasteiger charge is 2.06. The number of rotatable bonds is 6. The number of aliphatic hydroxyl groups excluding tert-OH is 1. The lowest BCUT2D eigenvalue weighted by Crippen LogP contribution is -2.34. The van der Waals surface area contributed by atoms with Gasteiger partial charge in [0, 0.05) is 6.54 Å². The zero-order chi connectivity index (χ0) is 11.1. The molecule has 0 bridgehead atoms. The first-order valence-corrected chi connectivity index (χ1v) is 4.99. The van der Waals surface area contributed by atoms with Gasteiger partial charge in [-0.25, -0.2) is 9.67 Å². The van der Waals surface area contributed by atoms with Gasteiger partial charge in [-0.2, -0.15) is 5.10 Å². The first-order chi connectivity index (χ1) is 7.22. The van der Waals surface area contributed by atoms with Crippen LogP contribution in [0.2, 0.25) is 0 Å². The van der Waals surface area contributed by atoms with Crippen LogP contribution in [0, 0.1) is 0 Å². The average Bonchev–Trinajstić information content (AvgIpc) is 2.68. The van der Waals surface area contributed by atoms with Gasteiger partial charge in [-0.15, -0.1) is 0 Å². The topological polar surface area (TPSA) is 80.0 Å². The van der Waals surface area contributed by atoms with E-state index in [1.165, 1.54) is 17.3 Å². The van der Waals surface area contributed by atoms with Crippen molar-refractivity contribution in [3.8, 4) is 0 Å². The normalized spacial score (nSPS) is 12.4. The molecular weight excluding hydrogens is 196 g/mol. The summed E-state index contributed by atoms with van der Waals surface area (Å²) in [6.45, 7) is 2.42. The van der Waals surface area contributed by atoms with Gasteiger partial charge in [0.05, 0.1) is 6.10 Å². The quantitative estimate of drug-likeness (QED) is 0.669. The van der Waals surface area contributed by atoms with E-state index in [0.717, 1.165) is 6.42 Å². The summed E-state index contributed by atoms with van der Waals surface area (Å²) in [5.74, 6) is -0.171. The number of nitrogens with one attached hydrogen (secondary N) is 1. The molecule has 15 heavy (non-hydrogen) atoms. The lowest BCUT2D eigenvalue weighted by atomic mass is 10.2. The maximum absolute atomic E-state index is 11.3. The highest BCUT2D eigenvalue weighted by atomic mass is 16.3. The minimum atomic E-state index is -0.463. The number of amides is 1. The number of carbonyl (C=O) groups is 1. The Morgan fingerprint density at radius 2 is 2.47 bits per heavy atom. The third-order valence-corrected chi connectivity index (χ3v) is 1.93. The van der Waals surface area contributed by atoms with Crippen LogP contribution in [-0.2, 0) is 11.3 Å². The van der Waals surface area contributed by atoms with Crippen LogP contribution < -0.4 is 5.32 Å². The number of aliphatic hydroxyl groups is 1. The fourth-order valence-electron chi connectivity index (χ4n) is 1.18. The van der Waals surface area contributed by atoms with Crippen LogP contribution in [-0.4, -0.2) is 38.4 Å². The third-order valence-electron chi connectivity index (χ3n) is 1.93. The first-order valence-electron chi connectivity index (χ1n) is 4.99. The summed E-state index contributed by atoms with van der Waals surface area (Å²) >= 11 is 0. The molecule has 6 nitrogen and oxygen atoms in total. The second-order valence-corrected chi connectivity index (χ2v) is 3.34. The summed E-state index contributed by atoms with van der Waals surface area (Å²) in [5.41, 5.74) is 0. The maximum atomic E-state index is 11.3. The van der Waals surface area contributed by atoms with E-state index in [9.17, 15) is 9.90 Å². The molecule has 1 unspecified atom stereocenters. The molecule has 0 saturated heterocycles. The van der Waals surface area contributed by atoms with Crippen molar-refractivity contribution in [2.24, 2.45) is 0 Å². The third kappa shape index (κ3) is 4.55. The molecule has 0 aromatic carbocycles. The maximum Gasteiger partial charge on any atom is 0.241 e. The number of hydrogen-bond donors (Lipinski definition) is 2. The number of nitrogens with zero attached hydrogens (tertiary/aromatic N) is 3. The fourth-order valence-corrected chi connectivity index (χ4v) is 1.18. The SMILES string of the molecule is CCCC(O)CNC(=O)Cn1cncn1. The van der Waals surface area contributed by atoms with Crippen molar-refractivity contribution in [2.75, 3.05) is 6.54 Å². The Labute approximate surface area is 88.3 Å². The summed E-state index contributed by atoms with van der Waals surface area (Å²) < 4.78 is 1.43. The van der Waals surface area contributed by atoms with E-state index in [1.807, 2.05) is 6.92 Å². The molecule has 1 rings (SSSR count). The Balaban J connectivity index is 2.19. The van der Waals surface area contributed by atoms with E-state index in [-0.39, 0.29) is 12.5 Å². The standard InChI is InChI=1S/C9H16N4O2/c1-2-3-8(14)4-11-9(15)5-13-7-10-6-12-13/h6-8,14H,2-5H2,1H3,(H,11,15). The van der Waals surface area contributed by atoms with Gasteiger partial charge in [-0.05, 0) is 6.42 Å². The summed E-state index contributed by atoms with van der Waals surface area (Å²) in [5, 5.41) is 15.8. The summed E-state index contributed by atoms with van der Waals surface area (Å²) in [6.07, 6.45) is 3.99. The molecule has 84 valence electrons. The van der Waals surface area contributed by atoms with Crippen molar-refractivity contribution < 1.29 is 9.90 Å². The van der Waals surface area contributed by atoms with Crippen molar-refractivity contribution >= 4 is 5.91 Å². The van der Waals surface area contributed by atoms with Crippen LogP contribution >= 0.6 is 0 Å². The molecule has 0 radical (unpaired) electrons. The van der Waals surface area contributed by atoms with Crippen molar-refractivity contribution in [3.63, 3.8) is 0 Å². The molecule has 1 heterocycles. The van der Waals surface area contributed by atoms with Crippen molar-refractivity contribution in [3.05, 3.63) is 12.7 Å². The minimum Gasteiger partial charge on any atom is -0.391 e. The molecule has 1 atom stereocenters. The summed E-state index contributed by atoms with van der Waals surface area (Å²) in [7, 11) is 0. The largest absolute Gasteiger partial charge is 0.391 e. The van der Waals surface area contributed by atoms with Gasteiger partial charge in [0.1, 0.15) is 19.2 Å². The van der Waals surface area contributed by atoms with E-state index >= 15 is 0 Å². The molecule has 1 aromatic rings. The van der Waals surface area contributed by atoms with Gasteiger partial charge in [0.25, 0.3) is 0 Å². The lowest BCUT2D eigenvalue weighted by molar-refractivity contribution is -0.122. The molecular formula is C9H16N4O2. The molecule has 0 spiro atoms. The zero-order valence-corrected chi connectivity index (χ0v) is 8.76. The monoisotopic (exact) mass is 212 g/mol. The highest BCUT2D eigenvalue weighted by molar-refractivity contribution is 5.75. The van der Waals surface area contributed by atoms with Crippen LogP contribution in [0.5, 0.6) is 0 Å². The van der Waals surface area contributed by atoms with E-state index in [1.54, 1.807) is 0 Å². The van der Waals surface area contributed by atoms with Gasteiger partial charge in [-0.1, -0.05) is 13.3 Å². The van der Waals surface area contributed by atoms with Gasteiger partial charge < -0.3 is 10.4 Å². The predicted octanol–water partition coefficient (Wildman–Crippen LogP) is -0.445.